The number of imidazole rings is 1. The quantitative estimate of drug-likeness (QED) is 0.721. The van der Waals surface area contributed by atoms with Gasteiger partial charge < -0.3 is 15.0 Å². The molecular formula is C17H25N3O. The summed E-state index contributed by atoms with van der Waals surface area (Å²) < 4.78 is 7.25. The van der Waals surface area contributed by atoms with Gasteiger partial charge in [-0.25, -0.2) is 4.98 Å². The van der Waals surface area contributed by atoms with E-state index in [1.807, 2.05) is 18.6 Å². The number of nitrogens with zero attached hydrogens (tertiary/aromatic N) is 2. The summed E-state index contributed by atoms with van der Waals surface area (Å²) in [6, 6.07) is 10.4. The second kappa shape index (κ2) is 8.60. The van der Waals surface area contributed by atoms with Gasteiger partial charge in [0.15, 0.2) is 0 Å². The zero-order chi connectivity index (χ0) is 14.9. The van der Waals surface area contributed by atoms with E-state index < -0.39 is 0 Å². The lowest BCUT2D eigenvalue weighted by atomic mass is 10.0. The maximum atomic E-state index is 6.34. The average molecular weight is 287 g/mol. The van der Waals surface area contributed by atoms with Crippen molar-refractivity contribution in [2.24, 2.45) is 5.73 Å². The Morgan fingerprint density at radius 2 is 2.00 bits per heavy atom. The van der Waals surface area contributed by atoms with E-state index in [1.165, 1.54) is 12.0 Å². The molecule has 1 aromatic heterocycles. The molecule has 0 aliphatic heterocycles. The zero-order valence-corrected chi connectivity index (χ0v) is 12.7. The largest absolute Gasteiger partial charge is 0.385 e. The Bertz CT molecular complexity index is 510. The van der Waals surface area contributed by atoms with Crippen molar-refractivity contribution in [2.75, 3.05) is 13.7 Å². The minimum Gasteiger partial charge on any atom is -0.385 e. The van der Waals surface area contributed by atoms with Gasteiger partial charge in [0.05, 0.1) is 18.1 Å². The minimum atomic E-state index is -0.00567. The number of nitrogens with two attached hydrogens (primary N) is 1. The van der Waals surface area contributed by atoms with Crippen LogP contribution >= 0.6 is 0 Å². The maximum Gasteiger partial charge on any atom is 0.0948 e. The topological polar surface area (TPSA) is 53.1 Å². The number of aryl methyl sites for hydroxylation is 1. The number of hydrogen-bond acceptors (Lipinski definition) is 3. The number of rotatable bonds is 9. The Morgan fingerprint density at radius 1 is 1.19 bits per heavy atom. The summed E-state index contributed by atoms with van der Waals surface area (Å²) >= 11 is 0. The first-order valence-electron chi connectivity index (χ1n) is 7.59. The van der Waals surface area contributed by atoms with E-state index in [-0.39, 0.29) is 6.04 Å². The molecule has 2 N–H and O–H groups in total. The Balaban J connectivity index is 1.87. The molecule has 0 radical (unpaired) electrons. The zero-order valence-electron chi connectivity index (χ0n) is 12.7. The summed E-state index contributed by atoms with van der Waals surface area (Å²) in [6.45, 7) is 1.81. The summed E-state index contributed by atoms with van der Waals surface area (Å²) in [5.41, 5.74) is 8.72. The van der Waals surface area contributed by atoms with E-state index in [1.54, 1.807) is 7.11 Å². The molecule has 4 heteroatoms. The molecule has 21 heavy (non-hydrogen) atoms. The third-order valence-electron chi connectivity index (χ3n) is 3.67. The smallest absolute Gasteiger partial charge is 0.0948 e. The van der Waals surface area contributed by atoms with Crippen LogP contribution in [0.2, 0.25) is 0 Å². The van der Waals surface area contributed by atoms with Crippen LogP contribution in [0.4, 0.5) is 0 Å². The van der Waals surface area contributed by atoms with Crippen molar-refractivity contribution in [3.05, 3.63) is 54.1 Å². The van der Waals surface area contributed by atoms with E-state index >= 15 is 0 Å². The lowest BCUT2D eigenvalue weighted by Crippen LogP contribution is -2.17. The van der Waals surface area contributed by atoms with Crippen molar-refractivity contribution in [3.63, 3.8) is 0 Å². The van der Waals surface area contributed by atoms with Gasteiger partial charge in [-0.1, -0.05) is 30.3 Å². The molecule has 0 amide bonds. The number of ether oxygens (including phenoxy) is 1. The van der Waals surface area contributed by atoms with Gasteiger partial charge in [-0.2, -0.15) is 0 Å². The molecule has 0 aliphatic carbocycles. The second-order valence-electron chi connectivity index (χ2n) is 5.36. The molecule has 0 fully saturated rings. The van der Waals surface area contributed by atoms with Crippen molar-refractivity contribution >= 4 is 0 Å². The molecular weight excluding hydrogens is 262 g/mol. The van der Waals surface area contributed by atoms with E-state index in [9.17, 15) is 0 Å². The predicted molar refractivity (Wildman–Crippen MR) is 85.0 cm³/mol. The first kappa shape index (κ1) is 15.7. The number of methoxy groups -OCH3 is 1. The van der Waals surface area contributed by atoms with Crippen LogP contribution in [0.3, 0.4) is 0 Å². The lowest BCUT2D eigenvalue weighted by Gasteiger charge is -2.15. The Morgan fingerprint density at radius 3 is 2.76 bits per heavy atom. The van der Waals surface area contributed by atoms with E-state index in [0.29, 0.717) is 0 Å². The molecule has 1 heterocycles. The minimum absolute atomic E-state index is 0.00567. The van der Waals surface area contributed by atoms with E-state index in [0.717, 1.165) is 38.1 Å². The fourth-order valence-electron chi connectivity index (χ4n) is 2.50. The highest BCUT2D eigenvalue weighted by Gasteiger charge is 2.12. The third kappa shape index (κ3) is 4.99. The molecule has 0 spiro atoms. The van der Waals surface area contributed by atoms with Gasteiger partial charge in [0.2, 0.25) is 0 Å². The van der Waals surface area contributed by atoms with Crippen molar-refractivity contribution < 1.29 is 4.74 Å². The second-order valence-corrected chi connectivity index (χ2v) is 5.36. The Kier molecular flexibility index (Phi) is 6.44. The molecule has 2 rings (SSSR count). The number of hydrogen-bond donors (Lipinski definition) is 1. The molecule has 1 atom stereocenters. The standard InChI is InChI=1S/C17H25N3O/c1-21-11-7-3-6-10-20-14-19-13-17(20)16(18)12-15-8-4-2-5-9-15/h2,4-5,8-9,13-14,16H,3,6-7,10-12,18H2,1H3/t16-/m1/s1. The number of unbranched alkanes of at least 4 members (excludes halogenated alkanes) is 2. The monoisotopic (exact) mass is 287 g/mol. The molecule has 0 unspecified atom stereocenters. The van der Waals surface area contributed by atoms with Gasteiger partial charge in [0, 0.05) is 26.5 Å². The van der Waals surface area contributed by atoms with Crippen LogP contribution in [0.25, 0.3) is 0 Å². The van der Waals surface area contributed by atoms with Crippen LogP contribution < -0.4 is 5.73 Å². The van der Waals surface area contributed by atoms with Crippen LogP contribution in [0.1, 0.15) is 36.6 Å². The van der Waals surface area contributed by atoms with Crippen LogP contribution in [0.5, 0.6) is 0 Å². The molecule has 0 aliphatic rings. The third-order valence-corrected chi connectivity index (χ3v) is 3.67. The molecule has 1 aromatic carbocycles. The van der Waals surface area contributed by atoms with Gasteiger partial charge in [0.25, 0.3) is 0 Å². The first-order chi connectivity index (χ1) is 10.3. The van der Waals surface area contributed by atoms with Crippen LogP contribution in [0.15, 0.2) is 42.9 Å². The van der Waals surface area contributed by atoms with Gasteiger partial charge in [-0.15, -0.1) is 0 Å². The van der Waals surface area contributed by atoms with E-state index in [4.69, 9.17) is 10.5 Å². The molecule has 114 valence electrons. The summed E-state index contributed by atoms with van der Waals surface area (Å²) in [7, 11) is 1.75. The molecule has 0 bridgehead atoms. The van der Waals surface area contributed by atoms with E-state index in [2.05, 4.69) is 33.8 Å². The summed E-state index contributed by atoms with van der Waals surface area (Å²) in [6.07, 6.45) is 8.02. The summed E-state index contributed by atoms with van der Waals surface area (Å²) in [4.78, 5) is 4.26. The average Bonchev–Trinajstić information content (AvgIpc) is 2.96. The van der Waals surface area contributed by atoms with Gasteiger partial charge in [-0.3, -0.25) is 0 Å². The SMILES string of the molecule is COCCCCCn1cncc1[C@H](N)Cc1ccccc1. The van der Waals surface area contributed by atoms with Crippen molar-refractivity contribution in [1.82, 2.24) is 9.55 Å². The number of aromatic nitrogens is 2. The highest BCUT2D eigenvalue weighted by Crippen LogP contribution is 2.16. The Labute approximate surface area is 127 Å². The predicted octanol–water partition coefficient (Wildman–Crippen LogP) is 2.94. The highest BCUT2D eigenvalue weighted by atomic mass is 16.5. The van der Waals surface area contributed by atoms with Gasteiger partial charge >= 0.3 is 0 Å². The van der Waals surface area contributed by atoms with Gasteiger partial charge in [-0.05, 0) is 31.2 Å². The Hall–Kier alpha value is -1.65. The molecule has 0 saturated carbocycles. The van der Waals surface area contributed by atoms with Crippen molar-refractivity contribution in [1.29, 1.82) is 0 Å². The fourth-order valence-corrected chi connectivity index (χ4v) is 2.50. The fraction of sp³-hybridized carbons (Fsp3) is 0.471. The van der Waals surface area contributed by atoms with Crippen molar-refractivity contribution in [3.8, 4) is 0 Å². The highest BCUT2D eigenvalue weighted by molar-refractivity contribution is 5.18. The maximum absolute atomic E-state index is 6.34. The van der Waals surface area contributed by atoms with Gasteiger partial charge in [0.1, 0.15) is 0 Å². The van der Waals surface area contributed by atoms with Crippen LogP contribution in [-0.2, 0) is 17.7 Å². The normalized spacial score (nSPS) is 12.5. The van der Waals surface area contributed by atoms with Crippen molar-refractivity contribution in [2.45, 2.75) is 38.3 Å². The number of benzene rings is 1. The first-order valence-corrected chi connectivity index (χ1v) is 7.59. The summed E-state index contributed by atoms with van der Waals surface area (Å²) in [5, 5.41) is 0. The molecule has 4 nitrogen and oxygen atoms in total. The molecule has 2 aromatic rings. The molecule has 0 saturated heterocycles. The lowest BCUT2D eigenvalue weighted by molar-refractivity contribution is 0.191. The van der Waals surface area contributed by atoms with Crippen LogP contribution in [-0.4, -0.2) is 23.3 Å². The van der Waals surface area contributed by atoms with Crippen LogP contribution in [0, 0.1) is 0 Å². The summed E-state index contributed by atoms with van der Waals surface area (Å²) in [5.74, 6) is 0.